The topological polar surface area (TPSA) is 99.5 Å². The van der Waals surface area contributed by atoms with Crippen molar-refractivity contribution in [1.82, 2.24) is 10.3 Å². The molecule has 3 rings (SSSR count). The third kappa shape index (κ3) is 5.60. The Labute approximate surface area is 175 Å². The van der Waals surface area contributed by atoms with Gasteiger partial charge in [-0.2, -0.15) is 0 Å². The van der Waals surface area contributed by atoms with Gasteiger partial charge < -0.3 is 25.3 Å². The first-order chi connectivity index (χ1) is 14.6. The summed E-state index contributed by atoms with van der Waals surface area (Å²) in [6.07, 6.45) is 3.12. The van der Waals surface area contributed by atoms with Crippen LogP contribution >= 0.6 is 0 Å². The molecule has 30 heavy (non-hydrogen) atoms. The van der Waals surface area contributed by atoms with E-state index in [0.717, 1.165) is 18.9 Å². The molecule has 1 aromatic carbocycles. The number of anilines is 3. The number of carbonyl (C=O) groups excluding carboxylic acids is 2. The Morgan fingerprint density at radius 3 is 2.23 bits per heavy atom. The fourth-order valence-electron chi connectivity index (χ4n) is 2.85. The van der Waals surface area contributed by atoms with Crippen molar-refractivity contribution < 1.29 is 14.0 Å². The first-order valence-corrected chi connectivity index (χ1v) is 9.78. The molecule has 8 heteroatoms. The quantitative estimate of drug-likeness (QED) is 0.522. The second-order valence-corrected chi connectivity index (χ2v) is 6.50. The van der Waals surface area contributed by atoms with Crippen molar-refractivity contribution in [2.24, 2.45) is 0 Å². The van der Waals surface area contributed by atoms with Gasteiger partial charge in [0.2, 0.25) is 0 Å². The highest BCUT2D eigenvalue weighted by atomic mass is 16.3. The minimum atomic E-state index is -0.345. The van der Waals surface area contributed by atoms with E-state index in [0.29, 0.717) is 29.2 Å². The third-order valence-electron chi connectivity index (χ3n) is 4.50. The predicted octanol–water partition coefficient (Wildman–Crippen LogP) is 4.09. The van der Waals surface area contributed by atoms with Gasteiger partial charge in [0.15, 0.2) is 0 Å². The Kier molecular flexibility index (Phi) is 7.05. The van der Waals surface area contributed by atoms with Crippen LogP contribution in [0.15, 0.2) is 65.4 Å². The molecule has 0 radical (unpaired) electrons. The molecule has 3 aromatic rings. The highest BCUT2D eigenvalue weighted by molar-refractivity contribution is 6.04. The minimum Gasteiger partial charge on any atom is -0.467 e. The number of urea groups is 1. The summed E-state index contributed by atoms with van der Waals surface area (Å²) in [5, 5.41) is 8.25. The van der Waals surface area contributed by atoms with Gasteiger partial charge in [-0.15, -0.1) is 0 Å². The van der Waals surface area contributed by atoms with Gasteiger partial charge in [0.1, 0.15) is 11.6 Å². The number of pyridine rings is 1. The molecular formula is C22H25N5O3. The largest absolute Gasteiger partial charge is 0.467 e. The molecule has 3 N–H and O–H groups in total. The molecule has 0 saturated heterocycles. The summed E-state index contributed by atoms with van der Waals surface area (Å²) >= 11 is 0. The number of nitrogens with zero attached hydrogens (tertiary/aromatic N) is 2. The maximum atomic E-state index is 12.4. The van der Waals surface area contributed by atoms with Crippen LogP contribution in [-0.4, -0.2) is 30.0 Å². The summed E-state index contributed by atoms with van der Waals surface area (Å²) in [5.74, 6) is 1.27. The minimum absolute atomic E-state index is 0.245. The highest BCUT2D eigenvalue weighted by Crippen LogP contribution is 2.16. The number of nitrogens with one attached hydrogen (secondary N) is 3. The summed E-state index contributed by atoms with van der Waals surface area (Å²) in [6.45, 7) is 6.14. The molecule has 0 unspecified atom stereocenters. The summed E-state index contributed by atoms with van der Waals surface area (Å²) in [5.41, 5.74) is 1.70. The van der Waals surface area contributed by atoms with E-state index in [1.54, 1.807) is 54.9 Å². The number of rotatable bonds is 8. The molecule has 2 aromatic heterocycles. The first-order valence-electron chi connectivity index (χ1n) is 9.78. The van der Waals surface area contributed by atoms with Crippen molar-refractivity contribution in [1.29, 1.82) is 0 Å². The number of benzene rings is 1. The van der Waals surface area contributed by atoms with Crippen molar-refractivity contribution in [2.45, 2.75) is 20.4 Å². The van der Waals surface area contributed by atoms with E-state index in [9.17, 15) is 9.59 Å². The number of aromatic nitrogens is 1. The number of hydrogen-bond donors (Lipinski definition) is 3. The SMILES string of the molecule is CCN(CC)c1ccc(C(=O)Nc2ccc(NC(=O)NCc3ccco3)cc2)cn1. The number of amides is 3. The van der Waals surface area contributed by atoms with Crippen molar-refractivity contribution in [3.63, 3.8) is 0 Å². The fraction of sp³-hybridized carbons (Fsp3) is 0.227. The van der Waals surface area contributed by atoms with Crippen LogP contribution in [0.2, 0.25) is 0 Å². The second kappa shape index (κ2) is 10.1. The van der Waals surface area contributed by atoms with E-state index >= 15 is 0 Å². The molecular weight excluding hydrogens is 382 g/mol. The maximum absolute atomic E-state index is 12.4. The van der Waals surface area contributed by atoms with Gasteiger partial charge in [-0.25, -0.2) is 9.78 Å². The van der Waals surface area contributed by atoms with Crippen molar-refractivity contribution in [3.8, 4) is 0 Å². The van der Waals surface area contributed by atoms with Gasteiger partial charge >= 0.3 is 6.03 Å². The molecule has 0 aliphatic carbocycles. The lowest BCUT2D eigenvalue weighted by Crippen LogP contribution is -2.27. The fourth-order valence-corrected chi connectivity index (χ4v) is 2.85. The molecule has 0 spiro atoms. The Morgan fingerprint density at radius 1 is 0.967 bits per heavy atom. The third-order valence-corrected chi connectivity index (χ3v) is 4.50. The van der Waals surface area contributed by atoms with E-state index in [-0.39, 0.29) is 11.9 Å². The summed E-state index contributed by atoms with van der Waals surface area (Å²) in [4.78, 5) is 30.9. The van der Waals surface area contributed by atoms with E-state index in [1.165, 1.54) is 0 Å². The maximum Gasteiger partial charge on any atom is 0.319 e. The van der Waals surface area contributed by atoms with Crippen molar-refractivity contribution >= 4 is 29.1 Å². The number of hydrogen-bond acceptors (Lipinski definition) is 5. The van der Waals surface area contributed by atoms with Gasteiger partial charge in [-0.05, 0) is 62.4 Å². The molecule has 0 atom stereocenters. The summed E-state index contributed by atoms with van der Waals surface area (Å²) < 4.78 is 5.16. The van der Waals surface area contributed by atoms with Gasteiger partial charge in [0.25, 0.3) is 5.91 Å². The van der Waals surface area contributed by atoms with Gasteiger partial charge in [-0.1, -0.05) is 0 Å². The van der Waals surface area contributed by atoms with Crippen LogP contribution in [0.5, 0.6) is 0 Å². The van der Waals surface area contributed by atoms with Gasteiger partial charge in [-0.3, -0.25) is 4.79 Å². The Morgan fingerprint density at radius 2 is 1.67 bits per heavy atom. The zero-order chi connectivity index (χ0) is 21.3. The van der Waals surface area contributed by atoms with E-state index in [4.69, 9.17) is 4.42 Å². The molecule has 0 bridgehead atoms. The van der Waals surface area contributed by atoms with Crippen molar-refractivity contribution in [3.05, 3.63) is 72.3 Å². The summed E-state index contributed by atoms with van der Waals surface area (Å²) in [7, 11) is 0. The monoisotopic (exact) mass is 407 g/mol. The number of furan rings is 1. The Hall–Kier alpha value is -3.81. The van der Waals surface area contributed by atoms with E-state index < -0.39 is 0 Å². The molecule has 0 fully saturated rings. The summed E-state index contributed by atoms with van der Waals surface area (Å²) in [6, 6.07) is 13.7. The van der Waals surface area contributed by atoms with Crippen LogP contribution < -0.4 is 20.9 Å². The lowest BCUT2D eigenvalue weighted by atomic mass is 10.2. The van der Waals surface area contributed by atoms with E-state index in [2.05, 4.69) is 39.7 Å². The molecule has 156 valence electrons. The standard InChI is InChI=1S/C22H25N5O3/c1-3-27(4-2)20-12-7-16(14-23-20)21(28)25-17-8-10-18(11-9-17)26-22(29)24-15-19-6-5-13-30-19/h5-14H,3-4,15H2,1-2H3,(H,25,28)(H2,24,26,29). The van der Waals surface area contributed by atoms with Gasteiger partial charge in [0, 0.05) is 30.7 Å². The number of carbonyl (C=O) groups is 2. The van der Waals surface area contributed by atoms with Crippen LogP contribution in [0.25, 0.3) is 0 Å². The average Bonchev–Trinajstić information content (AvgIpc) is 3.29. The Bertz CT molecular complexity index is 949. The molecule has 0 saturated carbocycles. The van der Waals surface area contributed by atoms with Crippen LogP contribution in [0.4, 0.5) is 22.0 Å². The molecule has 0 aliphatic rings. The van der Waals surface area contributed by atoms with Crippen LogP contribution in [0, 0.1) is 0 Å². The zero-order valence-electron chi connectivity index (χ0n) is 17.0. The van der Waals surface area contributed by atoms with Crippen LogP contribution in [-0.2, 0) is 6.54 Å². The Balaban J connectivity index is 1.52. The second-order valence-electron chi connectivity index (χ2n) is 6.50. The first kappa shape index (κ1) is 20.9. The van der Waals surface area contributed by atoms with Gasteiger partial charge in [0.05, 0.1) is 18.4 Å². The molecule has 8 nitrogen and oxygen atoms in total. The average molecular weight is 407 g/mol. The van der Waals surface area contributed by atoms with E-state index in [1.807, 2.05) is 6.07 Å². The molecule has 3 amide bonds. The molecule has 2 heterocycles. The highest BCUT2D eigenvalue weighted by Gasteiger charge is 2.09. The smallest absolute Gasteiger partial charge is 0.319 e. The molecule has 0 aliphatic heterocycles. The lowest BCUT2D eigenvalue weighted by Gasteiger charge is -2.19. The normalized spacial score (nSPS) is 10.3. The van der Waals surface area contributed by atoms with Crippen LogP contribution in [0.1, 0.15) is 30.0 Å². The van der Waals surface area contributed by atoms with Crippen LogP contribution in [0.3, 0.4) is 0 Å². The lowest BCUT2D eigenvalue weighted by molar-refractivity contribution is 0.102. The van der Waals surface area contributed by atoms with Crippen molar-refractivity contribution in [2.75, 3.05) is 28.6 Å². The predicted molar refractivity (Wildman–Crippen MR) is 117 cm³/mol. The zero-order valence-corrected chi connectivity index (χ0v) is 17.0.